The largest absolute Gasteiger partial charge is 0.330 e. The molecule has 2 N–H and O–H groups in total. The summed E-state index contributed by atoms with van der Waals surface area (Å²) in [6.45, 7) is 2.12. The Bertz CT molecular complexity index is 698. The number of aromatic nitrogens is 3. The molecule has 0 radical (unpaired) electrons. The van der Waals surface area contributed by atoms with Crippen molar-refractivity contribution in [2.45, 2.75) is 32.2 Å². The molecule has 0 aromatic carbocycles. The number of rotatable bonds is 3. The van der Waals surface area contributed by atoms with Crippen molar-refractivity contribution in [1.29, 1.82) is 0 Å². The van der Waals surface area contributed by atoms with Crippen LogP contribution in [-0.2, 0) is 4.79 Å². The lowest BCUT2D eigenvalue weighted by Gasteiger charge is -2.35. The van der Waals surface area contributed by atoms with Gasteiger partial charge < -0.3 is 10.2 Å². The molecule has 1 fully saturated rings. The molecular weight excluding hydrogens is 294 g/mol. The number of nitrogens with zero attached hydrogens (tertiary/aromatic N) is 3. The Morgan fingerprint density at radius 1 is 1.30 bits per heavy atom. The van der Waals surface area contributed by atoms with E-state index < -0.39 is 0 Å². The number of pyridine rings is 1. The zero-order valence-corrected chi connectivity index (χ0v) is 13.0. The van der Waals surface area contributed by atoms with Crippen LogP contribution in [0.3, 0.4) is 0 Å². The summed E-state index contributed by atoms with van der Waals surface area (Å²) < 4.78 is 0. The summed E-state index contributed by atoms with van der Waals surface area (Å²) >= 11 is 0. The number of likely N-dealkylation sites (tertiary alicyclic amines) is 1. The van der Waals surface area contributed by atoms with Crippen molar-refractivity contribution in [2.24, 2.45) is 0 Å². The number of nitrogens with one attached hydrogen (secondary N) is 2. The minimum atomic E-state index is -0.213. The first-order valence-corrected chi connectivity index (χ1v) is 7.69. The van der Waals surface area contributed by atoms with E-state index in [1.807, 2.05) is 11.0 Å². The van der Waals surface area contributed by atoms with Gasteiger partial charge >= 0.3 is 0 Å². The van der Waals surface area contributed by atoms with Gasteiger partial charge in [0, 0.05) is 31.4 Å². The zero-order chi connectivity index (χ0) is 16.2. The second-order valence-corrected chi connectivity index (χ2v) is 5.63. The van der Waals surface area contributed by atoms with Crippen molar-refractivity contribution in [1.82, 2.24) is 20.1 Å². The SMILES string of the molecule is CC(=O)Nc1cc(C(=O)N2CCCC[C@H]2c2ccn[nH]2)ccn1. The first-order valence-electron chi connectivity index (χ1n) is 7.69. The summed E-state index contributed by atoms with van der Waals surface area (Å²) in [7, 11) is 0. The van der Waals surface area contributed by atoms with E-state index in [0.29, 0.717) is 17.9 Å². The number of carbonyl (C=O) groups is 2. The van der Waals surface area contributed by atoms with Crippen LogP contribution in [0.2, 0.25) is 0 Å². The predicted octanol–water partition coefficient (Wildman–Crippen LogP) is 2.13. The summed E-state index contributed by atoms with van der Waals surface area (Å²) in [5.74, 6) is 0.118. The molecule has 1 saturated heterocycles. The van der Waals surface area contributed by atoms with E-state index in [1.54, 1.807) is 18.3 Å². The van der Waals surface area contributed by atoms with Gasteiger partial charge in [-0.25, -0.2) is 4.98 Å². The van der Waals surface area contributed by atoms with E-state index >= 15 is 0 Å². The van der Waals surface area contributed by atoms with Crippen LogP contribution in [0.1, 0.15) is 48.3 Å². The van der Waals surface area contributed by atoms with Crippen molar-refractivity contribution >= 4 is 17.6 Å². The lowest BCUT2D eigenvalue weighted by atomic mass is 9.98. The van der Waals surface area contributed by atoms with Gasteiger partial charge in [0.05, 0.1) is 11.7 Å². The Balaban J connectivity index is 1.84. The van der Waals surface area contributed by atoms with Crippen molar-refractivity contribution in [3.8, 4) is 0 Å². The molecule has 3 rings (SSSR count). The lowest BCUT2D eigenvalue weighted by molar-refractivity contribution is -0.114. The van der Waals surface area contributed by atoms with Crippen molar-refractivity contribution in [2.75, 3.05) is 11.9 Å². The van der Waals surface area contributed by atoms with Crippen LogP contribution in [0.4, 0.5) is 5.82 Å². The van der Waals surface area contributed by atoms with Gasteiger partial charge in [0.1, 0.15) is 5.82 Å². The Morgan fingerprint density at radius 3 is 2.91 bits per heavy atom. The van der Waals surface area contributed by atoms with Crippen molar-refractivity contribution in [3.63, 3.8) is 0 Å². The van der Waals surface area contributed by atoms with Crippen LogP contribution in [0.25, 0.3) is 0 Å². The molecule has 0 saturated carbocycles. The lowest BCUT2D eigenvalue weighted by Crippen LogP contribution is -2.38. The van der Waals surface area contributed by atoms with E-state index in [-0.39, 0.29) is 17.9 Å². The normalized spacial score (nSPS) is 17.8. The van der Waals surface area contributed by atoms with Crippen LogP contribution in [-0.4, -0.2) is 38.4 Å². The van der Waals surface area contributed by atoms with Crippen LogP contribution < -0.4 is 5.32 Å². The number of amides is 2. The predicted molar refractivity (Wildman–Crippen MR) is 84.8 cm³/mol. The highest BCUT2D eigenvalue weighted by Gasteiger charge is 2.29. The summed E-state index contributed by atoms with van der Waals surface area (Å²) in [6, 6.07) is 5.20. The van der Waals surface area contributed by atoms with Crippen LogP contribution in [0.5, 0.6) is 0 Å². The van der Waals surface area contributed by atoms with Gasteiger partial charge in [0.15, 0.2) is 0 Å². The first-order chi connectivity index (χ1) is 11.1. The third-order valence-corrected chi connectivity index (χ3v) is 3.96. The highest BCUT2D eigenvalue weighted by Crippen LogP contribution is 2.31. The van der Waals surface area contributed by atoms with Gasteiger partial charge in [-0.05, 0) is 37.5 Å². The molecule has 7 nitrogen and oxygen atoms in total. The fraction of sp³-hybridized carbons (Fsp3) is 0.375. The fourth-order valence-corrected chi connectivity index (χ4v) is 2.93. The van der Waals surface area contributed by atoms with Gasteiger partial charge in [0.2, 0.25) is 5.91 Å². The van der Waals surface area contributed by atoms with E-state index in [2.05, 4.69) is 20.5 Å². The number of aromatic amines is 1. The molecule has 0 bridgehead atoms. The topological polar surface area (TPSA) is 91.0 Å². The molecule has 2 aromatic heterocycles. The van der Waals surface area contributed by atoms with Crippen LogP contribution in [0, 0.1) is 0 Å². The van der Waals surface area contributed by atoms with Crippen molar-refractivity contribution in [3.05, 3.63) is 41.9 Å². The van der Waals surface area contributed by atoms with Crippen LogP contribution >= 0.6 is 0 Å². The van der Waals surface area contributed by atoms with Gasteiger partial charge in [-0.3, -0.25) is 14.7 Å². The van der Waals surface area contributed by atoms with E-state index in [9.17, 15) is 9.59 Å². The fourth-order valence-electron chi connectivity index (χ4n) is 2.93. The maximum absolute atomic E-state index is 12.9. The maximum atomic E-state index is 12.9. The zero-order valence-electron chi connectivity index (χ0n) is 13.0. The third-order valence-electron chi connectivity index (χ3n) is 3.96. The molecule has 1 atom stereocenters. The minimum Gasteiger partial charge on any atom is -0.330 e. The van der Waals surface area contributed by atoms with Gasteiger partial charge in [-0.15, -0.1) is 0 Å². The van der Waals surface area contributed by atoms with Gasteiger partial charge in [0.25, 0.3) is 5.91 Å². The molecule has 0 spiro atoms. The number of anilines is 1. The molecule has 2 aromatic rings. The molecule has 0 unspecified atom stereocenters. The summed E-state index contributed by atoms with van der Waals surface area (Å²) in [5, 5.41) is 9.56. The maximum Gasteiger partial charge on any atom is 0.254 e. The Labute approximate surface area is 134 Å². The second kappa shape index (κ2) is 6.60. The number of hydrogen-bond acceptors (Lipinski definition) is 4. The smallest absolute Gasteiger partial charge is 0.254 e. The first kappa shape index (κ1) is 15.2. The van der Waals surface area contributed by atoms with E-state index in [1.165, 1.54) is 13.1 Å². The highest BCUT2D eigenvalue weighted by molar-refractivity contribution is 5.96. The quantitative estimate of drug-likeness (QED) is 0.908. The summed E-state index contributed by atoms with van der Waals surface area (Å²) in [5.41, 5.74) is 1.48. The standard InChI is InChI=1S/C16H19N5O2/c1-11(22)19-15-10-12(5-7-17-15)16(23)21-9-3-2-4-14(21)13-6-8-18-20-13/h5-8,10,14H,2-4,9H2,1H3,(H,18,20)(H,17,19,22)/t14-/m0/s1. The monoisotopic (exact) mass is 313 g/mol. The molecule has 7 heteroatoms. The number of carbonyl (C=O) groups excluding carboxylic acids is 2. The average Bonchev–Trinajstić information content (AvgIpc) is 3.08. The number of piperidine rings is 1. The molecule has 1 aliphatic heterocycles. The average molecular weight is 313 g/mol. The van der Waals surface area contributed by atoms with Gasteiger partial charge in [-0.1, -0.05) is 0 Å². The Kier molecular flexibility index (Phi) is 4.36. The summed E-state index contributed by atoms with van der Waals surface area (Å²) in [6.07, 6.45) is 6.22. The second-order valence-electron chi connectivity index (χ2n) is 5.63. The number of H-pyrrole nitrogens is 1. The van der Waals surface area contributed by atoms with E-state index in [0.717, 1.165) is 25.0 Å². The Hall–Kier alpha value is -2.70. The highest BCUT2D eigenvalue weighted by atomic mass is 16.2. The Morgan fingerprint density at radius 2 is 2.17 bits per heavy atom. The van der Waals surface area contributed by atoms with E-state index in [4.69, 9.17) is 0 Å². The molecule has 1 aliphatic rings. The molecule has 23 heavy (non-hydrogen) atoms. The number of hydrogen-bond donors (Lipinski definition) is 2. The van der Waals surface area contributed by atoms with Crippen molar-refractivity contribution < 1.29 is 9.59 Å². The molecule has 120 valence electrons. The minimum absolute atomic E-state index is 0.0103. The molecule has 2 amide bonds. The third kappa shape index (κ3) is 3.39. The summed E-state index contributed by atoms with van der Waals surface area (Å²) in [4.78, 5) is 30.0. The molecule has 3 heterocycles. The molecule has 0 aliphatic carbocycles. The van der Waals surface area contributed by atoms with Gasteiger partial charge in [-0.2, -0.15) is 5.10 Å². The van der Waals surface area contributed by atoms with Crippen LogP contribution in [0.15, 0.2) is 30.6 Å². The molecular formula is C16H19N5O2.